The van der Waals surface area contributed by atoms with Gasteiger partial charge in [-0.1, -0.05) is 72.8 Å². The van der Waals surface area contributed by atoms with Gasteiger partial charge >= 0.3 is 0 Å². The van der Waals surface area contributed by atoms with E-state index in [-0.39, 0.29) is 11.3 Å². The molecule has 0 aliphatic carbocycles. The first-order valence-electron chi connectivity index (χ1n) is 11.5. The first kappa shape index (κ1) is 21.4. The molecule has 5 aromatic carbocycles. The predicted molar refractivity (Wildman–Crippen MR) is 143 cm³/mol. The molecule has 0 atom stereocenters. The smallest absolute Gasteiger partial charge is 0.246 e. The van der Waals surface area contributed by atoms with E-state index < -0.39 is 5.82 Å². The third-order valence-electron chi connectivity index (χ3n) is 6.55. The molecule has 3 nitrogen and oxygen atoms in total. The van der Waals surface area contributed by atoms with Crippen LogP contribution in [0.2, 0.25) is 0 Å². The minimum Gasteiger partial charge on any atom is -0.319 e. The van der Waals surface area contributed by atoms with Crippen LogP contribution >= 0.6 is 0 Å². The van der Waals surface area contributed by atoms with Crippen molar-refractivity contribution in [1.29, 1.82) is 5.26 Å². The van der Waals surface area contributed by atoms with Crippen molar-refractivity contribution < 1.29 is 4.39 Å². The van der Waals surface area contributed by atoms with Crippen LogP contribution in [0.25, 0.3) is 54.6 Å². The molecule has 0 saturated carbocycles. The van der Waals surface area contributed by atoms with Gasteiger partial charge in [0, 0.05) is 10.8 Å². The van der Waals surface area contributed by atoms with Gasteiger partial charge in [0.1, 0.15) is 11.9 Å². The summed E-state index contributed by atoms with van der Waals surface area (Å²) in [6.45, 7) is 7.67. The number of aromatic nitrogens is 1. The van der Waals surface area contributed by atoms with Gasteiger partial charge < -0.3 is 4.57 Å². The lowest BCUT2D eigenvalue weighted by Gasteiger charge is -2.12. The van der Waals surface area contributed by atoms with Crippen LogP contribution in [0.15, 0.2) is 109 Å². The molecule has 0 bridgehead atoms. The third-order valence-corrected chi connectivity index (χ3v) is 6.55. The highest BCUT2D eigenvalue weighted by Crippen LogP contribution is 2.40. The predicted octanol–water partition coefficient (Wildman–Crippen LogP) is 8.68. The van der Waals surface area contributed by atoms with E-state index in [4.69, 9.17) is 6.57 Å². The first-order chi connectivity index (χ1) is 17.7. The Hall–Kier alpha value is -5.19. The van der Waals surface area contributed by atoms with Crippen LogP contribution < -0.4 is 0 Å². The molecule has 0 amide bonds. The van der Waals surface area contributed by atoms with Crippen LogP contribution in [0.5, 0.6) is 0 Å². The first-order valence-corrected chi connectivity index (χ1v) is 11.5. The van der Waals surface area contributed by atoms with Crippen LogP contribution in [-0.2, 0) is 0 Å². The minimum absolute atomic E-state index is 0.136. The summed E-state index contributed by atoms with van der Waals surface area (Å²) in [4.78, 5) is 3.48. The van der Waals surface area contributed by atoms with E-state index in [9.17, 15) is 5.26 Å². The van der Waals surface area contributed by atoms with Gasteiger partial charge in [0.05, 0.1) is 28.9 Å². The SMILES string of the molecule is [C-]#[N+]c1c(-n2c3ccc(-c4ccccc4)cc3c3cc(-c4ccccc4)ccc32)ccc(C#N)c1F. The van der Waals surface area contributed by atoms with Crippen molar-refractivity contribution in [2.24, 2.45) is 0 Å². The largest absolute Gasteiger partial charge is 0.319 e. The highest BCUT2D eigenvalue weighted by atomic mass is 19.1. The van der Waals surface area contributed by atoms with Crippen molar-refractivity contribution in [1.82, 2.24) is 4.57 Å². The molecule has 168 valence electrons. The number of benzene rings is 5. The molecule has 0 saturated heterocycles. The standard InChI is InChI=1S/C32H18FN3/c1-35-32-30(17-14-25(20-34)31(32)33)36-28-15-12-23(21-8-4-2-5-9-21)18-26(28)27-19-24(13-16-29(27)36)22-10-6-3-7-11-22/h2-19H. The summed E-state index contributed by atoms with van der Waals surface area (Å²) in [7, 11) is 0. The molecule has 0 radical (unpaired) electrons. The van der Waals surface area contributed by atoms with E-state index in [0.29, 0.717) is 5.69 Å². The lowest BCUT2D eigenvalue weighted by atomic mass is 10.0. The summed E-state index contributed by atoms with van der Waals surface area (Å²) < 4.78 is 17.0. The fourth-order valence-electron chi connectivity index (χ4n) is 4.83. The average Bonchev–Trinajstić information content (AvgIpc) is 3.26. The van der Waals surface area contributed by atoms with E-state index in [2.05, 4.69) is 41.2 Å². The second-order valence-electron chi connectivity index (χ2n) is 8.55. The van der Waals surface area contributed by atoms with Crippen molar-refractivity contribution >= 4 is 27.5 Å². The third kappa shape index (κ3) is 3.33. The number of hydrogen-bond donors (Lipinski definition) is 0. The van der Waals surface area contributed by atoms with Crippen molar-refractivity contribution in [2.45, 2.75) is 0 Å². The number of halogens is 1. The number of nitrogens with zero attached hydrogens (tertiary/aromatic N) is 3. The van der Waals surface area contributed by atoms with Gasteiger partial charge in [-0.3, -0.25) is 0 Å². The number of hydrogen-bond acceptors (Lipinski definition) is 1. The Morgan fingerprint density at radius 1 is 0.667 bits per heavy atom. The molecule has 0 N–H and O–H groups in total. The molecule has 0 unspecified atom stereocenters. The molecule has 0 aliphatic rings. The average molecular weight is 464 g/mol. The lowest BCUT2D eigenvalue weighted by molar-refractivity contribution is 0.629. The van der Waals surface area contributed by atoms with E-state index >= 15 is 4.39 Å². The Morgan fingerprint density at radius 3 is 1.67 bits per heavy atom. The van der Waals surface area contributed by atoms with E-state index in [1.165, 1.54) is 6.07 Å². The number of fused-ring (bicyclic) bond motifs is 3. The fourth-order valence-corrected chi connectivity index (χ4v) is 4.83. The lowest BCUT2D eigenvalue weighted by Crippen LogP contribution is -1.97. The van der Waals surface area contributed by atoms with Crippen LogP contribution in [0, 0.1) is 23.7 Å². The van der Waals surface area contributed by atoms with Crippen molar-refractivity contribution in [3.8, 4) is 34.0 Å². The molecule has 0 spiro atoms. The maximum absolute atomic E-state index is 15.0. The normalized spacial score (nSPS) is 10.9. The quantitative estimate of drug-likeness (QED) is 0.242. The maximum atomic E-state index is 15.0. The van der Waals surface area contributed by atoms with E-state index in [1.54, 1.807) is 6.07 Å². The van der Waals surface area contributed by atoms with E-state index in [1.807, 2.05) is 71.3 Å². The molecule has 36 heavy (non-hydrogen) atoms. The van der Waals surface area contributed by atoms with Gasteiger partial charge in [-0.15, -0.1) is 0 Å². The molecule has 1 aromatic heterocycles. The van der Waals surface area contributed by atoms with Crippen LogP contribution in [-0.4, -0.2) is 4.57 Å². The van der Waals surface area contributed by atoms with Gasteiger partial charge in [-0.25, -0.2) is 9.24 Å². The van der Waals surface area contributed by atoms with Gasteiger partial charge in [-0.05, 0) is 58.7 Å². The van der Waals surface area contributed by atoms with Crippen molar-refractivity contribution in [3.63, 3.8) is 0 Å². The Bertz CT molecular complexity index is 1760. The summed E-state index contributed by atoms with van der Waals surface area (Å²) in [6.07, 6.45) is 0. The topological polar surface area (TPSA) is 33.1 Å². The summed E-state index contributed by atoms with van der Waals surface area (Å²) in [6, 6.07) is 37.7. The zero-order valence-corrected chi connectivity index (χ0v) is 19.1. The van der Waals surface area contributed by atoms with Gasteiger partial charge in [0.15, 0.2) is 0 Å². The minimum atomic E-state index is -0.790. The molecule has 6 rings (SSSR count). The number of nitriles is 1. The molecule has 0 aliphatic heterocycles. The monoisotopic (exact) mass is 463 g/mol. The second-order valence-corrected chi connectivity index (χ2v) is 8.55. The van der Waals surface area contributed by atoms with Gasteiger partial charge in [0.2, 0.25) is 5.69 Å². The zero-order valence-electron chi connectivity index (χ0n) is 19.1. The van der Waals surface area contributed by atoms with Gasteiger partial charge in [0.25, 0.3) is 0 Å². The zero-order chi connectivity index (χ0) is 24.6. The summed E-state index contributed by atoms with van der Waals surface area (Å²) in [5.41, 5.74) is 6.20. The molecule has 4 heteroatoms. The summed E-state index contributed by atoms with van der Waals surface area (Å²) in [5, 5.41) is 11.3. The van der Waals surface area contributed by atoms with Crippen molar-refractivity contribution in [2.75, 3.05) is 0 Å². The van der Waals surface area contributed by atoms with Crippen molar-refractivity contribution in [3.05, 3.63) is 132 Å². The molecular weight excluding hydrogens is 445 g/mol. The number of rotatable bonds is 3. The van der Waals surface area contributed by atoms with Gasteiger partial charge in [-0.2, -0.15) is 5.26 Å². The summed E-state index contributed by atoms with van der Waals surface area (Å²) in [5.74, 6) is -0.790. The Balaban J connectivity index is 1.71. The van der Waals surface area contributed by atoms with E-state index in [0.717, 1.165) is 44.1 Å². The molecular formula is C32H18FN3. The second kappa shape index (κ2) is 8.55. The Labute approximate surface area is 207 Å². The van der Waals surface area contributed by atoms with Crippen LogP contribution in [0.1, 0.15) is 5.56 Å². The van der Waals surface area contributed by atoms with Crippen LogP contribution in [0.4, 0.5) is 10.1 Å². The maximum Gasteiger partial charge on any atom is 0.246 e. The highest BCUT2D eigenvalue weighted by Gasteiger charge is 2.20. The molecule has 0 fully saturated rings. The fraction of sp³-hybridized carbons (Fsp3) is 0. The molecule has 1 heterocycles. The Kier molecular flexibility index (Phi) is 5.07. The molecule has 6 aromatic rings. The highest BCUT2D eigenvalue weighted by molar-refractivity contribution is 6.12. The summed E-state index contributed by atoms with van der Waals surface area (Å²) >= 11 is 0. The van der Waals surface area contributed by atoms with Crippen LogP contribution in [0.3, 0.4) is 0 Å². The Morgan fingerprint density at radius 2 is 1.19 bits per heavy atom.